The third-order valence-corrected chi connectivity index (χ3v) is 6.15. The topological polar surface area (TPSA) is 74.8 Å². The lowest BCUT2D eigenvalue weighted by molar-refractivity contribution is -0.119. The number of nitrogens with zero attached hydrogens (tertiary/aromatic N) is 1. The fourth-order valence-corrected chi connectivity index (χ4v) is 4.57. The van der Waals surface area contributed by atoms with Crippen LogP contribution in [0.5, 0.6) is 0 Å². The van der Waals surface area contributed by atoms with Gasteiger partial charge in [0.2, 0.25) is 5.91 Å². The predicted octanol–water partition coefficient (Wildman–Crippen LogP) is 4.18. The van der Waals surface area contributed by atoms with E-state index in [1.807, 2.05) is 53.9 Å². The first kappa shape index (κ1) is 19.4. The van der Waals surface area contributed by atoms with Gasteiger partial charge in [0.15, 0.2) is 5.16 Å². The molecule has 0 bridgehead atoms. The molecule has 1 unspecified atom stereocenters. The van der Waals surface area contributed by atoms with Gasteiger partial charge in [-0.2, -0.15) is 0 Å². The maximum Gasteiger partial charge on any atom is 0.260 e. The normalized spacial score (nSPS) is 12.0. The average molecular weight is 422 g/mol. The van der Waals surface area contributed by atoms with Gasteiger partial charge < -0.3 is 10.3 Å². The van der Waals surface area contributed by atoms with E-state index in [0.717, 1.165) is 11.1 Å². The number of carbonyl (C=O) groups is 1. The zero-order chi connectivity index (χ0) is 20.1. The van der Waals surface area contributed by atoms with Crippen LogP contribution in [0.2, 0.25) is 0 Å². The summed E-state index contributed by atoms with van der Waals surface area (Å²) in [5.41, 5.74) is 2.04. The van der Waals surface area contributed by atoms with E-state index in [1.54, 1.807) is 6.07 Å². The number of nitrogens with one attached hydrogen (secondary N) is 2. The summed E-state index contributed by atoms with van der Waals surface area (Å²) in [5.74, 6) is 0.0755. The summed E-state index contributed by atoms with van der Waals surface area (Å²) in [6.07, 6.45) is 0.706. The smallest absolute Gasteiger partial charge is 0.260 e. The molecule has 4 aromatic rings. The summed E-state index contributed by atoms with van der Waals surface area (Å²) in [7, 11) is 0. The van der Waals surface area contributed by atoms with Crippen molar-refractivity contribution in [2.45, 2.75) is 17.6 Å². The molecule has 2 aromatic carbocycles. The van der Waals surface area contributed by atoms with E-state index < -0.39 is 0 Å². The van der Waals surface area contributed by atoms with Gasteiger partial charge in [0.25, 0.3) is 5.56 Å². The highest BCUT2D eigenvalue weighted by molar-refractivity contribution is 7.99. The van der Waals surface area contributed by atoms with Crippen LogP contribution in [0, 0.1) is 0 Å². The van der Waals surface area contributed by atoms with E-state index in [9.17, 15) is 9.59 Å². The Morgan fingerprint density at radius 3 is 2.55 bits per heavy atom. The molecule has 4 rings (SSSR count). The summed E-state index contributed by atoms with van der Waals surface area (Å²) in [6.45, 7) is 0. The summed E-state index contributed by atoms with van der Waals surface area (Å²) in [6, 6.07) is 21.7. The maximum atomic E-state index is 12.6. The molecule has 29 heavy (non-hydrogen) atoms. The van der Waals surface area contributed by atoms with E-state index in [4.69, 9.17) is 0 Å². The largest absolute Gasteiger partial charge is 0.348 e. The van der Waals surface area contributed by atoms with Crippen molar-refractivity contribution >= 4 is 39.2 Å². The Morgan fingerprint density at radius 2 is 1.79 bits per heavy atom. The van der Waals surface area contributed by atoms with Gasteiger partial charge in [0.05, 0.1) is 17.2 Å². The Balaban J connectivity index is 1.45. The second-order valence-corrected chi connectivity index (χ2v) is 8.38. The summed E-state index contributed by atoms with van der Waals surface area (Å²) in [5, 5.41) is 5.99. The SMILES string of the molecule is O=C(CSc1nc2sccc2c(=O)[nH]1)NC(Cc1ccccc1)c1ccccc1. The van der Waals surface area contributed by atoms with Crippen LogP contribution in [0.1, 0.15) is 17.2 Å². The number of fused-ring (bicyclic) bond motifs is 1. The molecule has 0 saturated carbocycles. The van der Waals surface area contributed by atoms with Gasteiger partial charge in [0, 0.05) is 0 Å². The van der Waals surface area contributed by atoms with E-state index >= 15 is 0 Å². The highest BCUT2D eigenvalue weighted by Crippen LogP contribution is 2.21. The van der Waals surface area contributed by atoms with Crippen LogP contribution in [0.15, 0.2) is 82.1 Å². The molecule has 0 aliphatic heterocycles. The van der Waals surface area contributed by atoms with Gasteiger partial charge in [-0.1, -0.05) is 72.4 Å². The van der Waals surface area contributed by atoms with E-state index in [-0.39, 0.29) is 23.3 Å². The van der Waals surface area contributed by atoms with E-state index in [2.05, 4.69) is 27.4 Å². The average Bonchev–Trinajstić information content (AvgIpc) is 3.23. The van der Waals surface area contributed by atoms with Crippen LogP contribution in [0.25, 0.3) is 10.2 Å². The molecule has 0 saturated heterocycles. The fourth-order valence-electron chi connectivity index (χ4n) is 3.07. The molecule has 0 spiro atoms. The van der Waals surface area contributed by atoms with Crippen molar-refractivity contribution in [1.82, 2.24) is 15.3 Å². The lowest BCUT2D eigenvalue weighted by Gasteiger charge is -2.19. The highest BCUT2D eigenvalue weighted by Gasteiger charge is 2.16. The van der Waals surface area contributed by atoms with Crippen molar-refractivity contribution < 1.29 is 4.79 Å². The maximum absolute atomic E-state index is 12.6. The van der Waals surface area contributed by atoms with Gasteiger partial charge in [-0.05, 0) is 29.0 Å². The Labute approximate surface area is 176 Å². The summed E-state index contributed by atoms with van der Waals surface area (Å²) >= 11 is 2.65. The molecule has 2 heterocycles. The second-order valence-electron chi connectivity index (χ2n) is 6.52. The number of rotatable bonds is 7. The lowest BCUT2D eigenvalue weighted by atomic mass is 9.99. The Kier molecular flexibility index (Phi) is 6.07. The number of hydrogen-bond donors (Lipinski definition) is 2. The second kappa shape index (κ2) is 9.07. The van der Waals surface area contributed by atoms with Crippen LogP contribution in [-0.2, 0) is 11.2 Å². The number of amides is 1. The minimum absolute atomic E-state index is 0.103. The molecular weight excluding hydrogens is 402 g/mol. The van der Waals surface area contributed by atoms with Gasteiger partial charge in [-0.3, -0.25) is 9.59 Å². The van der Waals surface area contributed by atoms with Gasteiger partial charge in [-0.15, -0.1) is 11.3 Å². The molecule has 1 amide bonds. The molecule has 1 atom stereocenters. The minimum atomic E-state index is -0.176. The Hall–Kier alpha value is -2.90. The van der Waals surface area contributed by atoms with Crippen molar-refractivity contribution in [3.05, 3.63) is 93.6 Å². The minimum Gasteiger partial charge on any atom is -0.348 e. The van der Waals surface area contributed by atoms with Crippen molar-refractivity contribution in [3.8, 4) is 0 Å². The first-order chi connectivity index (χ1) is 14.2. The first-order valence-electron chi connectivity index (χ1n) is 9.17. The van der Waals surface area contributed by atoms with Crippen LogP contribution >= 0.6 is 23.1 Å². The fraction of sp³-hybridized carbons (Fsp3) is 0.136. The first-order valence-corrected chi connectivity index (χ1v) is 11.0. The van der Waals surface area contributed by atoms with Crippen molar-refractivity contribution in [2.24, 2.45) is 0 Å². The van der Waals surface area contributed by atoms with E-state index in [1.165, 1.54) is 23.1 Å². The van der Waals surface area contributed by atoms with Crippen LogP contribution in [0.4, 0.5) is 0 Å². The van der Waals surface area contributed by atoms with E-state index in [0.29, 0.717) is 21.8 Å². The molecule has 0 fully saturated rings. The molecule has 5 nitrogen and oxygen atoms in total. The number of aromatic amines is 1. The van der Waals surface area contributed by atoms with Crippen LogP contribution < -0.4 is 10.9 Å². The third-order valence-electron chi connectivity index (χ3n) is 4.47. The quantitative estimate of drug-likeness (QED) is 0.347. The predicted molar refractivity (Wildman–Crippen MR) is 118 cm³/mol. The molecule has 7 heteroatoms. The van der Waals surface area contributed by atoms with Gasteiger partial charge >= 0.3 is 0 Å². The molecule has 2 N–H and O–H groups in total. The zero-order valence-corrected chi connectivity index (χ0v) is 17.1. The molecule has 0 aliphatic carbocycles. The molecule has 0 radical (unpaired) electrons. The van der Waals surface area contributed by atoms with Crippen molar-refractivity contribution in [2.75, 3.05) is 5.75 Å². The third kappa shape index (κ3) is 4.93. The number of benzene rings is 2. The molecular formula is C22H19N3O2S2. The number of hydrogen-bond acceptors (Lipinski definition) is 5. The van der Waals surface area contributed by atoms with Gasteiger partial charge in [0.1, 0.15) is 4.83 Å². The lowest BCUT2D eigenvalue weighted by Crippen LogP contribution is -2.31. The standard InChI is InChI=1S/C22H19N3O2S2/c26-19(14-29-22-24-20(27)17-11-12-28-21(17)25-22)23-18(16-9-5-2-6-10-16)13-15-7-3-1-4-8-15/h1-12,18H,13-14H2,(H,23,26)(H,24,25,27). The van der Waals surface area contributed by atoms with Crippen molar-refractivity contribution in [1.29, 1.82) is 0 Å². The molecule has 0 aliphatic rings. The Morgan fingerprint density at radius 1 is 1.07 bits per heavy atom. The summed E-state index contributed by atoms with van der Waals surface area (Å²) < 4.78 is 0. The number of aromatic nitrogens is 2. The number of thioether (sulfide) groups is 1. The monoisotopic (exact) mass is 421 g/mol. The number of carbonyl (C=O) groups excluding carboxylic acids is 1. The molecule has 2 aromatic heterocycles. The highest BCUT2D eigenvalue weighted by atomic mass is 32.2. The van der Waals surface area contributed by atoms with Crippen molar-refractivity contribution in [3.63, 3.8) is 0 Å². The van der Waals surface area contributed by atoms with Crippen LogP contribution in [0.3, 0.4) is 0 Å². The van der Waals surface area contributed by atoms with Crippen LogP contribution in [-0.4, -0.2) is 21.6 Å². The summed E-state index contributed by atoms with van der Waals surface area (Å²) in [4.78, 5) is 32.6. The zero-order valence-electron chi connectivity index (χ0n) is 15.5. The Bertz CT molecular complexity index is 1160. The number of thiophene rings is 1. The van der Waals surface area contributed by atoms with Gasteiger partial charge in [-0.25, -0.2) is 4.98 Å². The number of H-pyrrole nitrogens is 1. The molecule has 146 valence electrons.